The lowest BCUT2D eigenvalue weighted by molar-refractivity contribution is -0.131. The van der Waals surface area contributed by atoms with Crippen molar-refractivity contribution in [1.82, 2.24) is 15.2 Å². The van der Waals surface area contributed by atoms with Crippen molar-refractivity contribution in [2.24, 2.45) is 5.92 Å². The molecule has 2 heterocycles. The van der Waals surface area contributed by atoms with Crippen molar-refractivity contribution < 1.29 is 14.3 Å². The normalized spacial score (nSPS) is 17.6. The van der Waals surface area contributed by atoms with Gasteiger partial charge in [0.05, 0.1) is 11.4 Å². The fourth-order valence-electron chi connectivity index (χ4n) is 5.19. The van der Waals surface area contributed by atoms with Gasteiger partial charge in [-0.3, -0.25) is 0 Å². The van der Waals surface area contributed by atoms with Crippen LogP contribution >= 0.6 is 0 Å². The van der Waals surface area contributed by atoms with Gasteiger partial charge in [-0.05, 0) is 88.6 Å². The molecular formula is C31H27FN4O2. The summed E-state index contributed by atoms with van der Waals surface area (Å²) in [5.41, 5.74) is 14.0. The number of anilines is 1. The molecule has 0 bridgehead atoms. The molecule has 1 saturated carbocycles. The number of aliphatic carboxylic acids is 1. The molecule has 3 aromatic carbocycles. The molecule has 1 unspecified atom stereocenters. The minimum absolute atomic E-state index is 0.370. The number of carbonyl (C=O) groups is 1. The first-order valence-electron chi connectivity index (χ1n) is 12.7. The van der Waals surface area contributed by atoms with Crippen LogP contribution in [0.4, 0.5) is 10.1 Å². The van der Waals surface area contributed by atoms with E-state index in [1.165, 1.54) is 12.0 Å². The van der Waals surface area contributed by atoms with E-state index < -0.39 is 12.3 Å². The number of benzene rings is 3. The van der Waals surface area contributed by atoms with E-state index in [9.17, 15) is 9.18 Å². The third kappa shape index (κ3) is 4.64. The van der Waals surface area contributed by atoms with Gasteiger partial charge in [-0.15, -0.1) is 0 Å². The number of hydrazine groups is 1. The molecule has 1 aromatic heterocycles. The summed E-state index contributed by atoms with van der Waals surface area (Å²) in [5, 5.41) is 13.4. The summed E-state index contributed by atoms with van der Waals surface area (Å²) in [6, 6.07) is 24.1. The largest absolute Gasteiger partial charge is 0.478 e. The molecule has 6 nitrogen and oxygen atoms in total. The number of fused-ring (bicyclic) bond motifs is 1. The average Bonchev–Trinajstić information content (AvgIpc) is 3.57. The monoisotopic (exact) mass is 506 g/mol. The Bertz CT molecular complexity index is 1540. The molecule has 190 valence electrons. The molecule has 0 radical (unpaired) electrons. The minimum Gasteiger partial charge on any atom is -0.478 e. The maximum absolute atomic E-state index is 14.7. The quantitative estimate of drug-likeness (QED) is 0.149. The first-order valence-corrected chi connectivity index (χ1v) is 12.7. The Hall–Kier alpha value is -4.49. The van der Waals surface area contributed by atoms with Crippen LogP contribution in [-0.4, -0.2) is 20.9 Å². The van der Waals surface area contributed by atoms with Crippen LogP contribution < -0.4 is 10.9 Å². The van der Waals surface area contributed by atoms with Crippen molar-refractivity contribution in [1.29, 1.82) is 0 Å². The van der Waals surface area contributed by atoms with Gasteiger partial charge < -0.3 is 10.5 Å². The summed E-state index contributed by atoms with van der Waals surface area (Å²) in [6.07, 6.45) is 8.46. The van der Waals surface area contributed by atoms with Crippen LogP contribution in [0.5, 0.6) is 0 Å². The molecule has 0 amide bonds. The van der Waals surface area contributed by atoms with Crippen molar-refractivity contribution in [3.05, 3.63) is 119 Å². The second-order valence-corrected chi connectivity index (χ2v) is 9.64. The third-order valence-corrected chi connectivity index (χ3v) is 7.27. The number of nitrogens with one attached hydrogen (secondary N) is 2. The summed E-state index contributed by atoms with van der Waals surface area (Å²) < 4.78 is 16.5. The van der Waals surface area contributed by atoms with Gasteiger partial charge in [-0.2, -0.15) is 5.10 Å². The zero-order chi connectivity index (χ0) is 26.1. The van der Waals surface area contributed by atoms with Gasteiger partial charge in [-0.1, -0.05) is 48.9 Å². The molecule has 0 spiro atoms. The van der Waals surface area contributed by atoms with Crippen molar-refractivity contribution in [3.63, 3.8) is 0 Å². The highest BCUT2D eigenvalue weighted by Crippen LogP contribution is 2.46. The molecule has 1 fully saturated rings. The lowest BCUT2D eigenvalue weighted by Gasteiger charge is -2.32. The summed E-state index contributed by atoms with van der Waals surface area (Å²) in [5.74, 6) is -0.615. The Morgan fingerprint density at radius 1 is 1.00 bits per heavy atom. The number of aromatic nitrogens is 2. The van der Waals surface area contributed by atoms with Crippen molar-refractivity contribution in [2.45, 2.75) is 25.6 Å². The van der Waals surface area contributed by atoms with Crippen LogP contribution in [-0.2, 0) is 4.79 Å². The van der Waals surface area contributed by atoms with Crippen LogP contribution in [0.3, 0.4) is 0 Å². The number of allylic oxidation sites excluding steroid dienone is 1. The van der Waals surface area contributed by atoms with Crippen LogP contribution in [0.1, 0.15) is 53.4 Å². The highest BCUT2D eigenvalue weighted by molar-refractivity contribution is 6.00. The zero-order valence-electron chi connectivity index (χ0n) is 20.6. The van der Waals surface area contributed by atoms with E-state index in [2.05, 4.69) is 34.1 Å². The minimum atomic E-state index is -1.29. The summed E-state index contributed by atoms with van der Waals surface area (Å²) in [6.45, 7) is 0. The fraction of sp³-hybridized carbons (Fsp3) is 0.161. The highest BCUT2D eigenvalue weighted by atomic mass is 19.1. The van der Waals surface area contributed by atoms with E-state index in [-0.39, 0.29) is 0 Å². The number of halogens is 1. The maximum Gasteiger partial charge on any atom is 0.328 e. The second-order valence-electron chi connectivity index (χ2n) is 9.64. The maximum atomic E-state index is 14.7. The van der Waals surface area contributed by atoms with Crippen LogP contribution in [0, 0.1) is 5.92 Å². The van der Waals surface area contributed by atoms with E-state index >= 15 is 0 Å². The van der Waals surface area contributed by atoms with Crippen molar-refractivity contribution in [3.8, 4) is 5.69 Å². The van der Waals surface area contributed by atoms with E-state index in [1.807, 2.05) is 65.5 Å². The van der Waals surface area contributed by atoms with Gasteiger partial charge in [0, 0.05) is 24.0 Å². The first-order chi connectivity index (χ1) is 18.6. The Morgan fingerprint density at radius 3 is 2.53 bits per heavy atom. The Kier molecular flexibility index (Phi) is 6.35. The predicted molar refractivity (Wildman–Crippen MR) is 147 cm³/mol. The van der Waals surface area contributed by atoms with Crippen LogP contribution in [0.25, 0.3) is 22.9 Å². The van der Waals surface area contributed by atoms with E-state index in [0.717, 1.165) is 58.1 Å². The van der Waals surface area contributed by atoms with E-state index in [1.54, 1.807) is 12.3 Å². The van der Waals surface area contributed by atoms with Gasteiger partial charge in [-0.25, -0.2) is 19.3 Å². The molecular weight excluding hydrogens is 479 g/mol. The fourth-order valence-corrected chi connectivity index (χ4v) is 5.19. The number of hydrogen-bond donors (Lipinski definition) is 3. The van der Waals surface area contributed by atoms with E-state index in [0.29, 0.717) is 11.5 Å². The number of nitrogens with zero attached hydrogens (tertiary/aromatic N) is 2. The van der Waals surface area contributed by atoms with Gasteiger partial charge >= 0.3 is 5.97 Å². The Morgan fingerprint density at radius 2 is 1.82 bits per heavy atom. The number of hydrogen-bond acceptors (Lipinski definition) is 4. The average molecular weight is 507 g/mol. The number of alkyl halides is 1. The molecule has 38 heavy (non-hydrogen) atoms. The first kappa shape index (κ1) is 23.9. The Labute approximate surface area is 220 Å². The van der Waals surface area contributed by atoms with Crippen LogP contribution in [0.2, 0.25) is 0 Å². The standard InChI is InChI=1S/C31H27FN4O2/c32-31-26-19-24(13-14-27(26)34-35-31)30(22-11-8-20(9-12-22)10-15-28(37)38)29(21-4-1-5-21)23-6-2-7-25(18-23)36-17-3-16-33-36/h2-3,6-19,21,31,34-35H,1,4-5H2,(H,37,38)/b15-10+,30-29+. The molecule has 1 aliphatic carbocycles. The molecule has 0 saturated heterocycles. The van der Waals surface area contributed by atoms with Gasteiger partial charge in [0.25, 0.3) is 0 Å². The molecule has 6 rings (SSSR count). The molecule has 2 aliphatic rings. The smallest absolute Gasteiger partial charge is 0.328 e. The number of carboxylic acid groups (broad SMARTS) is 1. The lowest BCUT2D eigenvalue weighted by Crippen LogP contribution is -2.15. The highest BCUT2D eigenvalue weighted by Gasteiger charge is 2.29. The molecule has 4 aromatic rings. The van der Waals surface area contributed by atoms with Crippen molar-refractivity contribution >= 4 is 28.9 Å². The van der Waals surface area contributed by atoms with Gasteiger partial charge in [0.15, 0.2) is 6.30 Å². The Balaban J connectivity index is 1.55. The number of carboxylic acids is 1. The van der Waals surface area contributed by atoms with E-state index in [4.69, 9.17) is 5.11 Å². The summed E-state index contributed by atoms with van der Waals surface area (Å²) >= 11 is 0. The lowest BCUT2D eigenvalue weighted by atomic mass is 9.73. The summed E-state index contributed by atoms with van der Waals surface area (Å²) in [7, 11) is 0. The van der Waals surface area contributed by atoms with Crippen LogP contribution in [0.15, 0.2) is 91.3 Å². The second kappa shape index (κ2) is 10.1. The SMILES string of the molecule is O=C(O)/C=C/c1ccc(/C(=C(\c2cccc(-n3cccn3)c2)C2CCC2)c2ccc3c(c2)C(F)NN3)cc1. The molecule has 7 heteroatoms. The molecule has 1 atom stereocenters. The zero-order valence-corrected chi connectivity index (χ0v) is 20.6. The van der Waals surface area contributed by atoms with Gasteiger partial charge in [0.2, 0.25) is 0 Å². The summed E-state index contributed by atoms with van der Waals surface area (Å²) in [4.78, 5) is 11.0. The molecule has 1 aliphatic heterocycles. The third-order valence-electron chi connectivity index (χ3n) is 7.27. The van der Waals surface area contributed by atoms with Crippen molar-refractivity contribution in [2.75, 3.05) is 5.43 Å². The predicted octanol–water partition coefficient (Wildman–Crippen LogP) is 6.63. The molecule has 3 N–H and O–H groups in total. The topological polar surface area (TPSA) is 79.2 Å². The number of rotatable bonds is 7. The van der Waals surface area contributed by atoms with Gasteiger partial charge in [0.1, 0.15) is 0 Å².